The zero-order chi connectivity index (χ0) is 20.7. The van der Waals surface area contributed by atoms with Crippen molar-refractivity contribution in [2.75, 3.05) is 12.0 Å². The fourth-order valence-corrected chi connectivity index (χ4v) is 4.10. The zero-order valence-corrected chi connectivity index (χ0v) is 15.3. The largest absolute Gasteiger partial charge is 0.468 e. The number of benzene rings is 2. The molecular weight excluding hydrogens is 378 g/mol. The van der Waals surface area contributed by atoms with Gasteiger partial charge in [-0.3, -0.25) is 29.8 Å². The third kappa shape index (κ3) is 2.95. The average Bonchev–Trinajstić information content (AvgIpc) is 3.25. The van der Waals surface area contributed by atoms with Crippen molar-refractivity contribution in [2.45, 2.75) is 12.1 Å². The number of amides is 2. The fraction of sp³-hybridized carbons (Fsp3) is 0.250. The highest BCUT2D eigenvalue weighted by atomic mass is 16.6. The summed E-state index contributed by atoms with van der Waals surface area (Å²) in [6.45, 7) is 0. The Labute approximate surface area is 165 Å². The maximum atomic E-state index is 13.2. The van der Waals surface area contributed by atoms with Crippen molar-refractivity contribution >= 4 is 29.2 Å². The summed E-state index contributed by atoms with van der Waals surface area (Å²) in [4.78, 5) is 50.0. The minimum absolute atomic E-state index is 0.149. The van der Waals surface area contributed by atoms with Crippen LogP contribution in [-0.4, -0.2) is 35.9 Å². The van der Waals surface area contributed by atoms with Crippen LogP contribution in [0.5, 0.6) is 0 Å². The minimum Gasteiger partial charge on any atom is -0.468 e. The molecule has 0 aliphatic carbocycles. The monoisotopic (exact) mass is 395 g/mol. The molecule has 4 atom stereocenters. The topological polar surface area (TPSA) is 119 Å². The Bertz CT molecular complexity index is 991. The van der Waals surface area contributed by atoms with E-state index in [-0.39, 0.29) is 11.4 Å². The molecule has 29 heavy (non-hydrogen) atoms. The van der Waals surface area contributed by atoms with Crippen LogP contribution in [-0.2, 0) is 19.1 Å². The Morgan fingerprint density at radius 1 is 1.03 bits per heavy atom. The maximum absolute atomic E-state index is 13.2. The number of carbonyl (C=O) groups excluding carboxylic acids is 3. The third-order valence-electron chi connectivity index (χ3n) is 5.41. The Hall–Kier alpha value is -3.59. The van der Waals surface area contributed by atoms with Crippen LogP contribution >= 0.6 is 0 Å². The first-order chi connectivity index (χ1) is 13.9. The molecule has 2 amide bonds. The van der Waals surface area contributed by atoms with E-state index in [4.69, 9.17) is 4.74 Å². The van der Waals surface area contributed by atoms with Crippen LogP contribution in [0.1, 0.15) is 11.6 Å². The van der Waals surface area contributed by atoms with E-state index in [0.717, 1.165) is 10.5 Å². The summed E-state index contributed by atoms with van der Waals surface area (Å²) in [5.74, 6) is -3.32. The van der Waals surface area contributed by atoms with Gasteiger partial charge >= 0.3 is 5.97 Å². The number of rotatable bonds is 4. The predicted molar refractivity (Wildman–Crippen MR) is 101 cm³/mol. The summed E-state index contributed by atoms with van der Waals surface area (Å²) in [5, 5.41) is 14.0. The van der Waals surface area contributed by atoms with Gasteiger partial charge in [-0.2, -0.15) is 0 Å². The normalized spacial score (nSPS) is 25.8. The van der Waals surface area contributed by atoms with Gasteiger partial charge in [0.2, 0.25) is 11.8 Å². The number of hydrogen-bond donors (Lipinski definition) is 1. The number of nitrogens with one attached hydrogen (secondary N) is 1. The fourth-order valence-electron chi connectivity index (χ4n) is 4.10. The summed E-state index contributed by atoms with van der Waals surface area (Å²) >= 11 is 0. The molecule has 2 saturated heterocycles. The number of esters is 1. The first kappa shape index (κ1) is 18.8. The van der Waals surface area contributed by atoms with Crippen LogP contribution in [0.4, 0.5) is 11.4 Å². The quantitative estimate of drug-likeness (QED) is 0.361. The SMILES string of the molecule is COC(=O)[C@@H]1N[C@H](c2ccccc2)[C@@H]2C(=O)N(c3ccc([N+](=O)[O-])cc3)C(=O)[C@@H]21. The molecule has 0 spiro atoms. The van der Waals surface area contributed by atoms with E-state index < -0.39 is 46.6 Å². The van der Waals surface area contributed by atoms with E-state index >= 15 is 0 Å². The molecule has 2 aliphatic heterocycles. The second-order valence-electron chi connectivity index (χ2n) is 6.89. The molecule has 2 aromatic carbocycles. The molecule has 0 saturated carbocycles. The Morgan fingerprint density at radius 2 is 1.66 bits per heavy atom. The summed E-state index contributed by atoms with van der Waals surface area (Å²) < 4.78 is 4.83. The van der Waals surface area contributed by atoms with Gasteiger partial charge < -0.3 is 4.74 Å². The second-order valence-corrected chi connectivity index (χ2v) is 6.89. The molecule has 2 fully saturated rings. The lowest BCUT2D eigenvalue weighted by atomic mass is 9.86. The number of hydrogen-bond acceptors (Lipinski definition) is 7. The molecule has 9 nitrogen and oxygen atoms in total. The third-order valence-corrected chi connectivity index (χ3v) is 5.41. The summed E-state index contributed by atoms with van der Waals surface area (Å²) in [6, 6.07) is 12.8. The molecule has 0 bridgehead atoms. The molecule has 2 aliphatic rings. The molecule has 1 N–H and O–H groups in total. The molecule has 2 heterocycles. The average molecular weight is 395 g/mol. The van der Waals surface area contributed by atoms with Gasteiger partial charge in [0.25, 0.3) is 5.69 Å². The Balaban J connectivity index is 1.74. The standard InChI is InChI=1S/C20H17N3O6/c1-29-20(26)17-15-14(16(21-17)11-5-3-2-4-6-11)18(24)22(19(15)25)12-7-9-13(10-8-12)23(27)28/h2-10,14-17,21H,1H3/t14-,15+,16-,17-/m1/s1. The van der Waals surface area contributed by atoms with Gasteiger partial charge in [-0.15, -0.1) is 0 Å². The zero-order valence-electron chi connectivity index (χ0n) is 15.3. The van der Waals surface area contributed by atoms with Crippen LogP contribution in [0.15, 0.2) is 54.6 Å². The van der Waals surface area contributed by atoms with Crippen LogP contribution < -0.4 is 10.2 Å². The molecule has 0 unspecified atom stereocenters. The van der Waals surface area contributed by atoms with Crippen molar-refractivity contribution in [3.8, 4) is 0 Å². The highest BCUT2D eigenvalue weighted by molar-refractivity contribution is 6.23. The van der Waals surface area contributed by atoms with E-state index in [1.165, 1.54) is 31.4 Å². The molecule has 0 aromatic heterocycles. The smallest absolute Gasteiger partial charge is 0.323 e. The number of nitro groups is 1. The minimum atomic E-state index is -0.963. The molecular formula is C20H17N3O6. The van der Waals surface area contributed by atoms with Gasteiger partial charge in [-0.05, 0) is 17.7 Å². The lowest BCUT2D eigenvalue weighted by Crippen LogP contribution is -2.43. The predicted octanol–water partition coefficient (Wildman–Crippen LogP) is 1.59. The van der Waals surface area contributed by atoms with Crippen LogP contribution in [0.3, 0.4) is 0 Å². The molecule has 2 aromatic rings. The van der Waals surface area contributed by atoms with Crippen molar-refractivity contribution in [1.82, 2.24) is 5.32 Å². The van der Waals surface area contributed by atoms with E-state index in [1.54, 1.807) is 0 Å². The summed E-state index contributed by atoms with van der Waals surface area (Å²) in [5.41, 5.74) is 0.861. The van der Waals surface area contributed by atoms with Crippen molar-refractivity contribution < 1.29 is 24.0 Å². The lowest BCUT2D eigenvalue weighted by molar-refractivity contribution is -0.384. The summed E-state index contributed by atoms with van der Waals surface area (Å²) in [7, 11) is 1.23. The van der Waals surface area contributed by atoms with Crippen molar-refractivity contribution in [2.24, 2.45) is 11.8 Å². The van der Waals surface area contributed by atoms with Gasteiger partial charge in [-0.25, -0.2) is 4.90 Å². The maximum Gasteiger partial charge on any atom is 0.323 e. The van der Waals surface area contributed by atoms with Gasteiger partial charge in [0, 0.05) is 18.2 Å². The lowest BCUT2D eigenvalue weighted by Gasteiger charge is -2.21. The Kier molecular flexibility index (Phi) is 4.59. The van der Waals surface area contributed by atoms with Crippen LogP contribution in [0.25, 0.3) is 0 Å². The van der Waals surface area contributed by atoms with Crippen molar-refractivity contribution in [3.63, 3.8) is 0 Å². The number of imide groups is 1. The first-order valence-electron chi connectivity index (χ1n) is 8.95. The van der Waals surface area contributed by atoms with Gasteiger partial charge in [0.05, 0.1) is 29.6 Å². The van der Waals surface area contributed by atoms with Crippen molar-refractivity contribution in [1.29, 1.82) is 0 Å². The first-order valence-corrected chi connectivity index (χ1v) is 8.95. The van der Waals surface area contributed by atoms with Crippen LogP contribution in [0.2, 0.25) is 0 Å². The number of nitrogens with zero attached hydrogens (tertiary/aromatic N) is 2. The number of fused-ring (bicyclic) bond motifs is 1. The molecule has 9 heteroatoms. The number of nitro benzene ring substituents is 1. The van der Waals surface area contributed by atoms with Gasteiger partial charge in [0.15, 0.2) is 0 Å². The highest BCUT2D eigenvalue weighted by Crippen LogP contribution is 2.45. The van der Waals surface area contributed by atoms with Crippen molar-refractivity contribution in [3.05, 3.63) is 70.3 Å². The second kappa shape index (κ2) is 7.10. The number of anilines is 1. The van der Waals surface area contributed by atoms with E-state index in [9.17, 15) is 24.5 Å². The highest BCUT2D eigenvalue weighted by Gasteiger charge is 2.61. The Morgan fingerprint density at radius 3 is 2.24 bits per heavy atom. The van der Waals surface area contributed by atoms with Crippen LogP contribution in [0, 0.1) is 22.0 Å². The number of non-ortho nitro benzene ring substituents is 1. The number of methoxy groups -OCH3 is 1. The van der Waals surface area contributed by atoms with E-state index in [0.29, 0.717) is 0 Å². The molecule has 4 rings (SSSR count). The summed E-state index contributed by atoms with van der Waals surface area (Å²) in [6.07, 6.45) is 0. The van der Waals surface area contributed by atoms with E-state index in [1.807, 2.05) is 30.3 Å². The van der Waals surface area contributed by atoms with Gasteiger partial charge in [0.1, 0.15) is 6.04 Å². The number of ether oxygens (including phenoxy) is 1. The van der Waals surface area contributed by atoms with E-state index in [2.05, 4.69) is 5.32 Å². The molecule has 0 radical (unpaired) electrons. The number of carbonyl (C=O) groups is 3. The van der Waals surface area contributed by atoms with Gasteiger partial charge in [-0.1, -0.05) is 30.3 Å². The molecule has 148 valence electrons.